The highest BCUT2D eigenvalue weighted by atomic mass is 35.6. The van der Waals surface area contributed by atoms with Crippen molar-refractivity contribution in [2.45, 2.75) is 3.79 Å². The van der Waals surface area contributed by atoms with E-state index in [1.54, 1.807) is 7.11 Å². The Labute approximate surface area is 135 Å². The Morgan fingerprint density at radius 1 is 1.10 bits per heavy atom. The van der Waals surface area contributed by atoms with Crippen molar-refractivity contribution in [1.82, 2.24) is 10.1 Å². The van der Waals surface area contributed by atoms with Gasteiger partial charge in [-0.2, -0.15) is 4.98 Å². The van der Waals surface area contributed by atoms with Gasteiger partial charge in [-0.05, 0) is 16.8 Å². The van der Waals surface area contributed by atoms with Gasteiger partial charge in [-0.3, -0.25) is 0 Å². The van der Waals surface area contributed by atoms with Gasteiger partial charge >= 0.3 is 0 Å². The quantitative estimate of drug-likeness (QED) is 0.631. The molecule has 0 bridgehead atoms. The molecule has 1 aromatic heterocycles. The van der Waals surface area contributed by atoms with Crippen molar-refractivity contribution in [1.29, 1.82) is 0 Å². The van der Waals surface area contributed by atoms with Gasteiger partial charge in [-0.15, -0.1) is 0 Å². The molecule has 3 rings (SSSR count). The normalized spacial score (nSPS) is 11.8. The number of fused-ring (bicyclic) bond motifs is 1. The molecule has 0 fully saturated rings. The number of halogens is 3. The second-order valence-corrected chi connectivity index (χ2v) is 6.57. The van der Waals surface area contributed by atoms with E-state index in [0.717, 1.165) is 10.8 Å². The summed E-state index contributed by atoms with van der Waals surface area (Å²) in [5.41, 5.74) is 0.694. The summed E-state index contributed by atoms with van der Waals surface area (Å²) in [6, 6.07) is 11.6. The molecular weight excluding hydrogens is 335 g/mol. The van der Waals surface area contributed by atoms with Crippen LogP contribution in [0.3, 0.4) is 0 Å². The van der Waals surface area contributed by atoms with Gasteiger partial charge in [0.15, 0.2) is 0 Å². The lowest BCUT2D eigenvalue weighted by molar-refractivity contribution is 0.382. The maximum Gasteiger partial charge on any atom is 0.279 e. The van der Waals surface area contributed by atoms with Crippen LogP contribution in [0.1, 0.15) is 5.89 Å². The van der Waals surface area contributed by atoms with Crippen LogP contribution in [0.25, 0.3) is 22.2 Å². The van der Waals surface area contributed by atoms with Crippen LogP contribution in [0.4, 0.5) is 0 Å². The number of benzene rings is 2. The van der Waals surface area contributed by atoms with E-state index in [1.807, 2.05) is 36.4 Å². The summed E-state index contributed by atoms with van der Waals surface area (Å²) in [6.45, 7) is 0. The van der Waals surface area contributed by atoms with Gasteiger partial charge < -0.3 is 9.26 Å². The lowest BCUT2D eigenvalue weighted by atomic mass is 10.0. The van der Waals surface area contributed by atoms with E-state index in [1.165, 1.54) is 0 Å². The number of methoxy groups -OCH3 is 1. The number of nitrogens with zero attached hydrogens (tertiary/aromatic N) is 2. The van der Waals surface area contributed by atoms with Crippen LogP contribution < -0.4 is 4.74 Å². The Bertz CT molecular complexity index is 796. The fourth-order valence-corrected chi connectivity index (χ4v) is 2.32. The third-order valence-electron chi connectivity index (χ3n) is 3.00. The van der Waals surface area contributed by atoms with Gasteiger partial charge in [-0.1, -0.05) is 70.3 Å². The molecule has 0 saturated carbocycles. The molecule has 0 aliphatic heterocycles. The highest BCUT2D eigenvalue weighted by Gasteiger charge is 2.31. The average Bonchev–Trinajstić information content (AvgIpc) is 2.95. The monoisotopic (exact) mass is 342 g/mol. The predicted octanol–water partition coefficient (Wildman–Crippen LogP) is 4.73. The van der Waals surface area contributed by atoms with Gasteiger partial charge in [0.2, 0.25) is 5.82 Å². The Morgan fingerprint density at radius 3 is 2.52 bits per heavy atom. The number of aromatic nitrogens is 2. The Hall–Kier alpha value is -1.49. The Morgan fingerprint density at radius 2 is 1.86 bits per heavy atom. The molecule has 1 heterocycles. The molecule has 3 aromatic rings. The Kier molecular flexibility index (Phi) is 3.69. The van der Waals surface area contributed by atoms with Crippen molar-refractivity contribution in [3.05, 3.63) is 42.3 Å². The van der Waals surface area contributed by atoms with E-state index in [-0.39, 0.29) is 5.89 Å². The van der Waals surface area contributed by atoms with Gasteiger partial charge in [0.05, 0.1) is 12.7 Å². The fraction of sp³-hybridized carbons (Fsp3) is 0.143. The summed E-state index contributed by atoms with van der Waals surface area (Å²) < 4.78 is 8.64. The third-order valence-corrected chi connectivity index (χ3v) is 3.49. The fourth-order valence-electron chi connectivity index (χ4n) is 2.09. The zero-order valence-corrected chi connectivity index (χ0v) is 13.1. The second-order valence-electron chi connectivity index (χ2n) is 4.28. The first-order valence-electron chi connectivity index (χ1n) is 5.97. The van der Waals surface area contributed by atoms with Crippen LogP contribution in [0.15, 0.2) is 40.9 Å². The minimum atomic E-state index is -1.76. The topological polar surface area (TPSA) is 48.2 Å². The zero-order chi connectivity index (χ0) is 15.0. The van der Waals surface area contributed by atoms with E-state index in [0.29, 0.717) is 17.1 Å². The standard InChI is InChI=1S/C14H9Cl3N2O2/c1-20-10-7-6-8-4-2-3-5-9(8)11(10)12-18-13(21-19-12)14(15,16)17/h2-7H,1H3. The number of hydrogen-bond donors (Lipinski definition) is 0. The van der Waals surface area contributed by atoms with Crippen LogP contribution >= 0.6 is 34.8 Å². The molecule has 0 aliphatic carbocycles. The Balaban J connectivity index is 2.25. The van der Waals surface area contributed by atoms with Crippen LogP contribution in [0.5, 0.6) is 5.75 Å². The molecule has 0 atom stereocenters. The number of alkyl halides is 3. The van der Waals surface area contributed by atoms with Gasteiger partial charge in [0, 0.05) is 0 Å². The highest BCUT2D eigenvalue weighted by Crippen LogP contribution is 2.40. The number of rotatable bonds is 2. The summed E-state index contributed by atoms with van der Waals surface area (Å²) in [5, 5.41) is 5.84. The molecule has 0 spiro atoms. The maximum atomic E-state index is 5.75. The molecule has 0 amide bonds. The summed E-state index contributed by atoms with van der Waals surface area (Å²) in [5.74, 6) is 0.841. The van der Waals surface area contributed by atoms with E-state index in [2.05, 4.69) is 10.1 Å². The first-order valence-corrected chi connectivity index (χ1v) is 7.11. The van der Waals surface area contributed by atoms with E-state index in [4.69, 9.17) is 44.1 Å². The second kappa shape index (κ2) is 5.37. The maximum absolute atomic E-state index is 5.75. The number of hydrogen-bond acceptors (Lipinski definition) is 4. The third kappa shape index (κ3) is 2.67. The molecule has 0 unspecified atom stereocenters. The summed E-state index contributed by atoms with van der Waals surface area (Å²) in [6.07, 6.45) is 0. The molecule has 0 N–H and O–H groups in total. The smallest absolute Gasteiger partial charge is 0.279 e. The summed E-state index contributed by atoms with van der Waals surface area (Å²) >= 11 is 17.3. The van der Waals surface area contributed by atoms with Crippen molar-refractivity contribution in [2.75, 3.05) is 7.11 Å². The molecule has 0 radical (unpaired) electrons. The van der Waals surface area contributed by atoms with Crippen molar-refractivity contribution >= 4 is 45.6 Å². The van der Waals surface area contributed by atoms with Crippen molar-refractivity contribution in [3.8, 4) is 17.1 Å². The van der Waals surface area contributed by atoms with Crippen LogP contribution in [-0.2, 0) is 3.79 Å². The lowest BCUT2D eigenvalue weighted by Gasteiger charge is -2.08. The number of ether oxygens (including phenoxy) is 1. The van der Waals surface area contributed by atoms with Crippen LogP contribution in [-0.4, -0.2) is 17.3 Å². The molecular formula is C14H9Cl3N2O2. The van der Waals surface area contributed by atoms with Gasteiger partial charge in [0.1, 0.15) is 5.75 Å². The molecule has 21 heavy (non-hydrogen) atoms. The minimum absolute atomic E-state index is 0.0857. The minimum Gasteiger partial charge on any atom is -0.496 e. The van der Waals surface area contributed by atoms with Crippen molar-refractivity contribution in [2.24, 2.45) is 0 Å². The summed E-state index contributed by atoms with van der Waals surface area (Å²) in [7, 11) is 1.57. The van der Waals surface area contributed by atoms with Crippen LogP contribution in [0.2, 0.25) is 0 Å². The zero-order valence-electron chi connectivity index (χ0n) is 10.8. The molecule has 2 aromatic carbocycles. The molecule has 4 nitrogen and oxygen atoms in total. The first-order chi connectivity index (χ1) is 10.0. The van der Waals surface area contributed by atoms with Gasteiger partial charge in [-0.25, -0.2) is 0 Å². The molecule has 7 heteroatoms. The average molecular weight is 344 g/mol. The van der Waals surface area contributed by atoms with Crippen molar-refractivity contribution in [3.63, 3.8) is 0 Å². The van der Waals surface area contributed by atoms with Crippen LogP contribution in [0, 0.1) is 0 Å². The van der Waals surface area contributed by atoms with E-state index in [9.17, 15) is 0 Å². The van der Waals surface area contributed by atoms with Gasteiger partial charge in [0.25, 0.3) is 9.68 Å². The summed E-state index contributed by atoms with van der Waals surface area (Å²) in [4.78, 5) is 4.16. The molecule has 0 aliphatic rings. The van der Waals surface area contributed by atoms with E-state index >= 15 is 0 Å². The SMILES string of the molecule is COc1ccc2ccccc2c1-c1noc(C(Cl)(Cl)Cl)n1. The molecule has 0 saturated heterocycles. The first kappa shape index (κ1) is 14.4. The van der Waals surface area contributed by atoms with E-state index < -0.39 is 3.79 Å². The molecule has 108 valence electrons. The lowest BCUT2D eigenvalue weighted by Crippen LogP contribution is -2.00. The largest absolute Gasteiger partial charge is 0.496 e. The highest BCUT2D eigenvalue weighted by molar-refractivity contribution is 6.66. The van der Waals surface area contributed by atoms with Crippen molar-refractivity contribution < 1.29 is 9.26 Å². The predicted molar refractivity (Wildman–Crippen MR) is 83.0 cm³/mol.